The van der Waals surface area contributed by atoms with Gasteiger partial charge in [-0.25, -0.2) is 0 Å². The van der Waals surface area contributed by atoms with Crippen LogP contribution in [0.1, 0.15) is 31.2 Å². The Kier molecular flexibility index (Phi) is 4.89. The van der Waals surface area contributed by atoms with E-state index in [0.717, 1.165) is 10.0 Å². The van der Waals surface area contributed by atoms with Gasteiger partial charge in [0.15, 0.2) is 0 Å². The van der Waals surface area contributed by atoms with Gasteiger partial charge in [0, 0.05) is 16.8 Å². The van der Waals surface area contributed by atoms with Crippen LogP contribution in [-0.2, 0) is 11.2 Å². The van der Waals surface area contributed by atoms with Crippen LogP contribution in [0.4, 0.5) is 13.2 Å². The van der Waals surface area contributed by atoms with Gasteiger partial charge in [-0.05, 0) is 37.0 Å². The second-order valence-corrected chi connectivity index (χ2v) is 6.29. The standard InChI is InChI=1S/C15H16BrF3O/c16-13-6-4-10(5-7-13)8-14(20)11-2-1-3-12(9-11)15(17,18)19/h4-7,11-12H,1-3,8-9H2. The third-order valence-electron chi connectivity index (χ3n) is 3.88. The fourth-order valence-corrected chi connectivity index (χ4v) is 2.99. The summed E-state index contributed by atoms with van der Waals surface area (Å²) in [6.45, 7) is 0. The van der Waals surface area contributed by atoms with Crippen LogP contribution in [0.3, 0.4) is 0 Å². The Labute approximate surface area is 124 Å². The summed E-state index contributed by atoms with van der Waals surface area (Å²) in [5.41, 5.74) is 0.854. The minimum absolute atomic E-state index is 0.0428. The Hall–Kier alpha value is -0.840. The van der Waals surface area contributed by atoms with Crippen molar-refractivity contribution in [2.45, 2.75) is 38.3 Å². The quantitative estimate of drug-likeness (QED) is 0.756. The minimum Gasteiger partial charge on any atom is -0.299 e. The predicted molar refractivity (Wildman–Crippen MR) is 74.4 cm³/mol. The monoisotopic (exact) mass is 348 g/mol. The fourth-order valence-electron chi connectivity index (χ4n) is 2.73. The molecule has 0 spiro atoms. The molecule has 1 saturated carbocycles. The summed E-state index contributed by atoms with van der Waals surface area (Å²) < 4.78 is 39.1. The van der Waals surface area contributed by atoms with Crippen molar-refractivity contribution in [1.29, 1.82) is 0 Å². The number of hydrogen-bond acceptors (Lipinski definition) is 1. The van der Waals surface area contributed by atoms with Gasteiger partial charge in [-0.2, -0.15) is 13.2 Å². The van der Waals surface area contributed by atoms with Crippen LogP contribution >= 0.6 is 15.9 Å². The Morgan fingerprint density at radius 3 is 2.45 bits per heavy atom. The van der Waals surface area contributed by atoms with E-state index in [1.807, 2.05) is 24.3 Å². The number of rotatable bonds is 3. The van der Waals surface area contributed by atoms with Gasteiger partial charge < -0.3 is 0 Å². The number of alkyl halides is 3. The third-order valence-corrected chi connectivity index (χ3v) is 4.41. The van der Waals surface area contributed by atoms with Crippen molar-refractivity contribution in [1.82, 2.24) is 0 Å². The lowest BCUT2D eigenvalue weighted by Gasteiger charge is -2.29. The van der Waals surface area contributed by atoms with Gasteiger partial charge in [-0.1, -0.05) is 34.5 Å². The molecule has 1 nitrogen and oxygen atoms in total. The van der Waals surface area contributed by atoms with Crippen LogP contribution in [0.2, 0.25) is 0 Å². The first-order chi connectivity index (χ1) is 9.36. The number of ketones is 1. The first-order valence-electron chi connectivity index (χ1n) is 6.70. The van der Waals surface area contributed by atoms with Crippen LogP contribution in [0.5, 0.6) is 0 Å². The molecule has 2 rings (SSSR count). The first-order valence-corrected chi connectivity index (χ1v) is 7.49. The molecule has 0 amide bonds. The van der Waals surface area contributed by atoms with Crippen molar-refractivity contribution < 1.29 is 18.0 Å². The highest BCUT2D eigenvalue weighted by atomic mass is 79.9. The summed E-state index contributed by atoms with van der Waals surface area (Å²) in [5.74, 6) is -1.82. The van der Waals surface area contributed by atoms with E-state index in [0.29, 0.717) is 12.8 Å². The molecule has 1 fully saturated rings. The van der Waals surface area contributed by atoms with Gasteiger partial charge in [0.2, 0.25) is 0 Å². The molecule has 110 valence electrons. The van der Waals surface area contributed by atoms with E-state index in [9.17, 15) is 18.0 Å². The van der Waals surface area contributed by atoms with Crippen molar-refractivity contribution in [3.8, 4) is 0 Å². The van der Waals surface area contributed by atoms with E-state index < -0.39 is 18.0 Å². The summed E-state index contributed by atoms with van der Waals surface area (Å²) in [5, 5.41) is 0. The molecule has 1 aromatic rings. The lowest BCUT2D eigenvalue weighted by atomic mass is 9.78. The molecular formula is C15H16BrF3O. The molecule has 0 heterocycles. The summed E-state index contributed by atoms with van der Waals surface area (Å²) >= 11 is 3.31. The molecule has 20 heavy (non-hydrogen) atoms. The molecule has 0 aliphatic heterocycles. The Bertz CT molecular complexity index is 467. The van der Waals surface area contributed by atoms with Gasteiger partial charge in [-0.3, -0.25) is 4.79 Å². The Morgan fingerprint density at radius 2 is 1.85 bits per heavy atom. The van der Waals surface area contributed by atoms with Crippen LogP contribution in [0.25, 0.3) is 0 Å². The van der Waals surface area contributed by atoms with Gasteiger partial charge >= 0.3 is 6.18 Å². The first kappa shape index (κ1) is 15.5. The van der Waals surface area contributed by atoms with E-state index in [2.05, 4.69) is 15.9 Å². The molecular weight excluding hydrogens is 333 g/mol. The average molecular weight is 349 g/mol. The number of carbonyl (C=O) groups excluding carboxylic acids is 1. The van der Waals surface area contributed by atoms with Gasteiger partial charge in [-0.15, -0.1) is 0 Å². The highest BCUT2D eigenvalue weighted by molar-refractivity contribution is 9.10. The SMILES string of the molecule is O=C(Cc1ccc(Br)cc1)C1CCCC(C(F)(F)F)C1. The lowest BCUT2D eigenvalue weighted by Crippen LogP contribution is -2.32. The zero-order valence-corrected chi connectivity index (χ0v) is 12.5. The number of carbonyl (C=O) groups is 1. The van der Waals surface area contributed by atoms with Crippen molar-refractivity contribution >= 4 is 21.7 Å². The van der Waals surface area contributed by atoms with Gasteiger partial charge in [0.05, 0.1) is 5.92 Å². The summed E-state index contributed by atoms with van der Waals surface area (Å²) in [6.07, 6.45) is -2.76. The molecule has 0 aromatic heterocycles. The normalized spacial score (nSPS) is 23.6. The molecule has 0 N–H and O–H groups in total. The van der Waals surface area contributed by atoms with Crippen molar-refractivity contribution in [2.75, 3.05) is 0 Å². The van der Waals surface area contributed by atoms with E-state index in [4.69, 9.17) is 0 Å². The van der Waals surface area contributed by atoms with Crippen molar-refractivity contribution in [2.24, 2.45) is 11.8 Å². The zero-order chi connectivity index (χ0) is 14.8. The predicted octanol–water partition coefficient (Wildman–Crippen LogP) is 4.93. The maximum Gasteiger partial charge on any atom is 0.391 e. The molecule has 1 aliphatic carbocycles. The summed E-state index contributed by atoms with van der Waals surface area (Å²) in [7, 11) is 0. The molecule has 0 saturated heterocycles. The van der Waals surface area contributed by atoms with E-state index in [1.54, 1.807) is 0 Å². The zero-order valence-electron chi connectivity index (χ0n) is 10.9. The minimum atomic E-state index is -4.17. The molecule has 2 atom stereocenters. The number of Topliss-reactive ketones (excluding diaryl/α,β-unsaturated/α-hetero) is 1. The molecule has 5 heteroatoms. The molecule has 1 aliphatic rings. The average Bonchev–Trinajstić information content (AvgIpc) is 2.40. The summed E-state index contributed by atoms with van der Waals surface area (Å²) in [4.78, 5) is 12.1. The van der Waals surface area contributed by atoms with Gasteiger partial charge in [0.25, 0.3) is 0 Å². The fraction of sp³-hybridized carbons (Fsp3) is 0.533. The van der Waals surface area contributed by atoms with Gasteiger partial charge in [0.1, 0.15) is 5.78 Å². The molecule has 0 radical (unpaired) electrons. The number of benzene rings is 1. The summed E-state index contributed by atoms with van der Waals surface area (Å²) in [6, 6.07) is 7.32. The highest BCUT2D eigenvalue weighted by Gasteiger charge is 2.43. The van der Waals surface area contributed by atoms with Crippen molar-refractivity contribution in [3.05, 3.63) is 34.3 Å². The number of hydrogen-bond donors (Lipinski definition) is 0. The van der Waals surface area contributed by atoms with Crippen LogP contribution < -0.4 is 0 Å². The molecule has 1 aromatic carbocycles. The van der Waals surface area contributed by atoms with Crippen molar-refractivity contribution in [3.63, 3.8) is 0 Å². The van der Waals surface area contributed by atoms with E-state index in [1.165, 1.54) is 0 Å². The largest absolute Gasteiger partial charge is 0.391 e. The second-order valence-electron chi connectivity index (χ2n) is 5.37. The maximum atomic E-state index is 12.7. The molecule has 2 unspecified atom stereocenters. The van der Waals surface area contributed by atoms with Crippen LogP contribution in [0, 0.1) is 11.8 Å². The molecule has 0 bridgehead atoms. The highest BCUT2D eigenvalue weighted by Crippen LogP contribution is 2.40. The van der Waals surface area contributed by atoms with Crippen LogP contribution in [0.15, 0.2) is 28.7 Å². The van der Waals surface area contributed by atoms with E-state index in [-0.39, 0.29) is 25.0 Å². The van der Waals surface area contributed by atoms with E-state index >= 15 is 0 Å². The topological polar surface area (TPSA) is 17.1 Å². The Morgan fingerprint density at radius 1 is 1.20 bits per heavy atom. The lowest BCUT2D eigenvalue weighted by molar-refractivity contribution is -0.186. The smallest absolute Gasteiger partial charge is 0.299 e. The Balaban J connectivity index is 1.97. The maximum absolute atomic E-state index is 12.7. The second kappa shape index (κ2) is 6.29. The third kappa shape index (κ3) is 4.08. The van der Waals surface area contributed by atoms with Crippen LogP contribution in [-0.4, -0.2) is 12.0 Å². The number of halogens is 4.